The highest BCUT2D eigenvalue weighted by molar-refractivity contribution is 6.37. The van der Waals surface area contributed by atoms with E-state index in [4.69, 9.17) is 66.4 Å². The maximum Gasteiger partial charge on any atom is 0.510 e. The van der Waals surface area contributed by atoms with Gasteiger partial charge in [0.1, 0.15) is 12.7 Å². The van der Waals surface area contributed by atoms with Crippen LogP contribution in [0.25, 0.3) is 5.69 Å². The fourth-order valence-electron chi connectivity index (χ4n) is 4.05. The van der Waals surface area contributed by atoms with Crippen LogP contribution in [0, 0.1) is 11.3 Å². The van der Waals surface area contributed by atoms with Gasteiger partial charge in [-0.3, -0.25) is 14.6 Å². The first-order chi connectivity index (χ1) is 24.5. The Morgan fingerprint density at radius 3 is 1.94 bits per heavy atom. The standard InChI is InChI=1S/C31H38Cl2N6O12/c1-19(2)22-17-26(51-27-23(32)15-21(16-24(27)33)39-30(42)35-28(40)25(18-34)36-39)37-38(29(22)41)20(3)50-31(43)49-14-13-48-12-11-47-10-9-46-8-7-45-6-5-44-4/h15-17,19-20H,5-14H2,1-4H3,(H,35,40,42). The lowest BCUT2D eigenvalue weighted by molar-refractivity contribution is -0.0265. The van der Waals surface area contributed by atoms with E-state index in [1.54, 1.807) is 27.0 Å². The molecule has 2 heterocycles. The first-order valence-electron chi connectivity index (χ1n) is 15.5. The maximum absolute atomic E-state index is 13.2. The monoisotopic (exact) mass is 756 g/mol. The minimum Gasteiger partial charge on any atom is -0.434 e. The summed E-state index contributed by atoms with van der Waals surface area (Å²) in [5, 5.41) is 16.8. The molecule has 0 spiro atoms. The summed E-state index contributed by atoms with van der Waals surface area (Å²) < 4.78 is 44.1. The Morgan fingerprint density at radius 2 is 1.41 bits per heavy atom. The van der Waals surface area contributed by atoms with Crippen LogP contribution in [0.5, 0.6) is 11.6 Å². The number of methoxy groups -OCH3 is 1. The number of carbonyl (C=O) groups excluding carboxylic acids is 1. The summed E-state index contributed by atoms with van der Waals surface area (Å²) in [6, 6.07) is 5.49. The van der Waals surface area contributed by atoms with E-state index in [0.29, 0.717) is 46.2 Å². The van der Waals surface area contributed by atoms with Gasteiger partial charge in [0.25, 0.3) is 11.1 Å². The predicted octanol–water partition coefficient (Wildman–Crippen LogP) is 2.96. The van der Waals surface area contributed by atoms with E-state index in [2.05, 4.69) is 10.2 Å². The van der Waals surface area contributed by atoms with Crippen LogP contribution in [-0.2, 0) is 33.2 Å². The third-order valence-corrected chi connectivity index (χ3v) is 7.10. The van der Waals surface area contributed by atoms with Gasteiger partial charge in [0.05, 0.1) is 75.2 Å². The third-order valence-electron chi connectivity index (χ3n) is 6.54. The van der Waals surface area contributed by atoms with Crippen LogP contribution in [0.1, 0.15) is 44.2 Å². The number of nitriles is 1. The van der Waals surface area contributed by atoms with Crippen molar-refractivity contribution in [3.05, 3.63) is 70.7 Å². The van der Waals surface area contributed by atoms with E-state index in [1.165, 1.54) is 25.1 Å². The highest BCUT2D eigenvalue weighted by Gasteiger charge is 2.22. The quantitative estimate of drug-likeness (QED) is 0.122. The van der Waals surface area contributed by atoms with Crippen LogP contribution < -0.4 is 21.5 Å². The molecule has 0 radical (unpaired) electrons. The Balaban J connectivity index is 1.54. The van der Waals surface area contributed by atoms with E-state index in [9.17, 15) is 19.2 Å². The lowest BCUT2D eigenvalue weighted by atomic mass is 10.1. The highest BCUT2D eigenvalue weighted by atomic mass is 35.5. The number of aromatic nitrogens is 5. The maximum atomic E-state index is 13.2. The molecule has 1 atom stereocenters. The van der Waals surface area contributed by atoms with Crippen molar-refractivity contribution in [1.29, 1.82) is 5.26 Å². The number of carbonyl (C=O) groups is 1. The molecule has 0 aliphatic rings. The van der Waals surface area contributed by atoms with E-state index in [-0.39, 0.29) is 58.7 Å². The molecule has 0 aliphatic heterocycles. The average Bonchev–Trinajstić information content (AvgIpc) is 3.08. The second-order valence-electron chi connectivity index (χ2n) is 10.6. The molecule has 278 valence electrons. The summed E-state index contributed by atoms with van der Waals surface area (Å²) >= 11 is 12.9. The second kappa shape index (κ2) is 21.1. The molecule has 20 heteroatoms. The summed E-state index contributed by atoms with van der Waals surface area (Å²) in [5.74, 6) is -0.522. The van der Waals surface area contributed by atoms with Crippen LogP contribution in [0.2, 0.25) is 10.0 Å². The first kappa shape index (κ1) is 41.1. The summed E-state index contributed by atoms with van der Waals surface area (Å²) in [4.78, 5) is 51.6. The van der Waals surface area contributed by atoms with Gasteiger partial charge in [-0.1, -0.05) is 37.0 Å². The van der Waals surface area contributed by atoms with Gasteiger partial charge in [0, 0.05) is 18.7 Å². The Labute approximate surface area is 301 Å². The van der Waals surface area contributed by atoms with Crippen molar-refractivity contribution in [1.82, 2.24) is 24.5 Å². The highest BCUT2D eigenvalue weighted by Crippen LogP contribution is 2.38. The lowest BCUT2D eigenvalue weighted by Gasteiger charge is -2.18. The van der Waals surface area contributed by atoms with Crippen LogP contribution in [0.4, 0.5) is 4.79 Å². The lowest BCUT2D eigenvalue weighted by Crippen LogP contribution is -2.33. The zero-order valence-electron chi connectivity index (χ0n) is 28.3. The molecule has 0 bridgehead atoms. The van der Waals surface area contributed by atoms with Gasteiger partial charge in [-0.15, -0.1) is 10.2 Å². The molecule has 0 aliphatic carbocycles. The van der Waals surface area contributed by atoms with Crippen molar-refractivity contribution >= 4 is 29.4 Å². The molecule has 3 aromatic rings. The number of halogens is 2. The Bertz CT molecular complexity index is 1800. The largest absolute Gasteiger partial charge is 0.510 e. The van der Waals surface area contributed by atoms with Crippen LogP contribution in [0.3, 0.4) is 0 Å². The number of benzene rings is 1. The van der Waals surface area contributed by atoms with E-state index in [1.807, 2.05) is 4.98 Å². The fourth-order valence-corrected chi connectivity index (χ4v) is 4.60. The zero-order valence-corrected chi connectivity index (χ0v) is 29.9. The van der Waals surface area contributed by atoms with Crippen molar-refractivity contribution in [3.8, 4) is 23.4 Å². The number of aromatic amines is 1. The average molecular weight is 758 g/mol. The summed E-state index contributed by atoms with van der Waals surface area (Å²) in [5.41, 5.74) is -2.70. The molecule has 3 rings (SSSR count). The second-order valence-corrected chi connectivity index (χ2v) is 11.4. The molecule has 1 unspecified atom stereocenters. The zero-order chi connectivity index (χ0) is 37.3. The van der Waals surface area contributed by atoms with Crippen molar-refractivity contribution in [2.45, 2.75) is 32.9 Å². The fraction of sp³-hybridized carbons (Fsp3) is 0.516. The van der Waals surface area contributed by atoms with Crippen LogP contribution >= 0.6 is 23.2 Å². The van der Waals surface area contributed by atoms with Crippen molar-refractivity contribution in [3.63, 3.8) is 0 Å². The molecule has 0 amide bonds. The third kappa shape index (κ3) is 12.7. The molecule has 0 fully saturated rings. The molecule has 1 N–H and O–H groups in total. The normalized spacial score (nSPS) is 11.7. The topological polar surface area (TPSA) is 217 Å². The molecular formula is C31H38Cl2N6O12. The Kier molecular flexibility index (Phi) is 17.0. The van der Waals surface area contributed by atoms with Gasteiger partial charge in [-0.25, -0.2) is 9.59 Å². The molecule has 0 saturated heterocycles. The number of hydrogen-bond acceptors (Lipinski definition) is 15. The Morgan fingerprint density at radius 1 is 0.863 bits per heavy atom. The van der Waals surface area contributed by atoms with Gasteiger partial charge < -0.3 is 37.9 Å². The van der Waals surface area contributed by atoms with Gasteiger partial charge in [-0.05, 0) is 25.0 Å². The molecule has 51 heavy (non-hydrogen) atoms. The minimum atomic E-state index is -1.22. The Hall–Kier alpha value is -4.35. The number of rotatable bonds is 21. The van der Waals surface area contributed by atoms with Crippen LogP contribution in [0.15, 0.2) is 32.6 Å². The van der Waals surface area contributed by atoms with Crippen molar-refractivity contribution in [2.24, 2.45) is 0 Å². The smallest absolute Gasteiger partial charge is 0.434 e. The number of H-pyrrole nitrogens is 1. The number of hydrogen-bond donors (Lipinski definition) is 1. The minimum absolute atomic E-state index is 0.0210. The van der Waals surface area contributed by atoms with Gasteiger partial charge in [0.15, 0.2) is 12.0 Å². The molecular weight excluding hydrogens is 719 g/mol. The van der Waals surface area contributed by atoms with E-state index < -0.39 is 34.9 Å². The summed E-state index contributed by atoms with van der Waals surface area (Å²) in [6.07, 6.45) is -2.29. The van der Waals surface area contributed by atoms with Crippen LogP contribution in [-0.4, -0.2) is 104 Å². The molecule has 2 aromatic heterocycles. The first-order valence-corrected chi connectivity index (χ1v) is 16.3. The van der Waals surface area contributed by atoms with Crippen molar-refractivity contribution in [2.75, 3.05) is 73.2 Å². The molecule has 0 saturated carbocycles. The van der Waals surface area contributed by atoms with E-state index in [0.717, 1.165) is 9.36 Å². The molecule has 18 nitrogen and oxygen atoms in total. The number of nitrogens with zero attached hydrogens (tertiary/aromatic N) is 5. The molecule has 1 aromatic carbocycles. The SMILES string of the molecule is COCCOCCOCCOCCOCCOC(=O)OC(C)n1nc(Oc2c(Cl)cc(-n3nc(C#N)c(=O)[nH]c3=O)cc2Cl)cc(C(C)C)c1=O. The van der Waals surface area contributed by atoms with Gasteiger partial charge in [-0.2, -0.15) is 14.6 Å². The summed E-state index contributed by atoms with van der Waals surface area (Å²) in [6.45, 7) is 8.25. The predicted molar refractivity (Wildman–Crippen MR) is 180 cm³/mol. The van der Waals surface area contributed by atoms with Gasteiger partial charge in [0.2, 0.25) is 11.6 Å². The number of nitrogens with one attached hydrogen (secondary N) is 1. The number of ether oxygens (including phenoxy) is 8. The van der Waals surface area contributed by atoms with E-state index >= 15 is 0 Å². The van der Waals surface area contributed by atoms with Gasteiger partial charge >= 0.3 is 11.8 Å². The van der Waals surface area contributed by atoms with Crippen molar-refractivity contribution < 1.29 is 42.7 Å². The summed E-state index contributed by atoms with van der Waals surface area (Å²) in [7, 11) is 1.60.